The minimum atomic E-state index is 0.104. The van der Waals surface area contributed by atoms with Crippen molar-refractivity contribution in [3.8, 4) is 33.4 Å². The fourth-order valence-corrected chi connectivity index (χ4v) is 12.7. The van der Waals surface area contributed by atoms with Crippen LogP contribution in [0.5, 0.6) is 0 Å². The highest BCUT2D eigenvalue weighted by atomic mass is 16.3. The summed E-state index contributed by atoms with van der Waals surface area (Å²) >= 11 is 0. The Balaban J connectivity index is 1.13. The lowest BCUT2D eigenvalue weighted by molar-refractivity contribution is -0.0398. The molecule has 0 aliphatic heterocycles. The van der Waals surface area contributed by atoms with Crippen LogP contribution in [0.15, 0.2) is 150 Å². The van der Waals surface area contributed by atoms with E-state index >= 15 is 0 Å². The topological polar surface area (TPSA) is 13.1 Å². The van der Waals surface area contributed by atoms with E-state index in [0.29, 0.717) is 0 Å². The van der Waals surface area contributed by atoms with Crippen LogP contribution in [-0.2, 0) is 5.41 Å². The third kappa shape index (κ3) is 3.68. The third-order valence-corrected chi connectivity index (χ3v) is 14.4. The normalized spacial score (nSPS) is 23.9. The molecule has 252 valence electrons. The minimum absolute atomic E-state index is 0.104. The van der Waals surface area contributed by atoms with Gasteiger partial charge in [-0.25, -0.2) is 0 Å². The summed E-state index contributed by atoms with van der Waals surface area (Å²) in [6.07, 6.45) is 7.02. The van der Waals surface area contributed by atoms with Crippen molar-refractivity contribution in [2.75, 3.05) is 0 Å². The first-order valence-electron chi connectivity index (χ1n) is 19.8. The maximum atomic E-state index is 6.28. The zero-order valence-electron chi connectivity index (χ0n) is 29.6. The van der Waals surface area contributed by atoms with E-state index in [1.807, 2.05) is 0 Å². The quantitative estimate of drug-likeness (QED) is 0.166. The highest BCUT2D eigenvalue weighted by molar-refractivity contribution is 6.23. The lowest BCUT2D eigenvalue weighted by atomic mass is 9.43. The zero-order chi connectivity index (χ0) is 34.4. The molecule has 0 atom stereocenters. The molecule has 8 aromatic carbocycles. The van der Waals surface area contributed by atoms with Crippen LogP contribution < -0.4 is 0 Å². The molecule has 1 spiro atoms. The number of hydrogen-bond acceptors (Lipinski definition) is 1. The average molecular weight is 679 g/mol. The van der Waals surface area contributed by atoms with Crippen molar-refractivity contribution in [2.24, 2.45) is 23.7 Å². The molecule has 0 N–H and O–H groups in total. The lowest BCUT2D eigenvalue weighted by Crippen LogP contribution is -2.55. The van der Waals surface area contributed by atoms with Gasteiger partial charge in [-0.1, -0.05) is 115 Å². The van der Waals surface area contributed by atoms with Gasteiger partial charge in [0.15, 0.2) is 0 Å². The predicted molar refractivity (Wildman–Crippen MR) is 220 cm³/mol. The van der Waals surface area contributed by atoms with Gasteiger partial charge in [-0.2, -0.15) is 0 Å². The molecule has 1 heteroatoms. The van der Waals surface area contributed by atoms with E-state index in [1.54, 1.807) is 11.1 Å². The van der Waals surface area contributed by atoms with Crippen molar-refractivity contribution in [2.45, 2.75) is 37.5 Å². The molecule has 9 aromatic rings. The maximum Gasteiger partial charge on any atom is 0.135 e. The molecule has 1 nitrogen and oxygen atoms in total. The first-order chi connectivity index (χ1) is 26.2. The first-order valence-corrected chi connectivity index (χ1v) is 19.8. The minimum Gasteiger partial charge on any atom is -0.456 e. The number of benzene rings is 8. The summed E-state index contributed by atoms with van der Waals surface area (Å²) in [4.78, 5) is 0. The second-order valence-corrected chi connectivity index (χ2v) is 16.8. The van der Waals surface area contributed by atoms with E-state index in [4.69, 9.17) is 4.42 Å². The van der Waals surface area contributed by atoms with Crippen LogP contribution in [0.1, 0.15) is 43.2 Å². The fraction of sp³-hybridized carbons (Fsp3) is 0.192. The van der Waals surface area contributed by atoms with Crippen LogP contribution in [0.25, 0.3) is 87.6 Å². The van der Waals surface area contributed by atoms with Crippen LogP contribution in [0.4, 0.5) is 0 Å². The standard InChI is InChI=1S/C52H38O/c1-2-11-33-29-46-44(27-32(33)10-1)51-42(17-9-18-45(51)52(46)35-23-30-22-31(25-35)26-36(52)24-30)50-40-15-5-3-13-38(40)49(39-14-4-6-16-41(39)50)34-20-21-48-43(28-34)37-12-7-8-19-47(37)53-48/h1-21,27-31,35-36H,22-26H2. The molecule has 0 saturated heterocycles. The van der Waals surface area contributed by atoms with E-state index in [-0.39, 0.29) is 5.41 Å². The summed E-state index contributed by atoms with van der Waals surface area (Å²) in [7, 11) is 0. The molecule has 1 aromatic heterocycles. The van der Waals surface area contributed by atoms with E-state index in [2.05, 4.69) is 146 Å². The summed E-state index contributed by atoms with van der Waals surface area (Å²) in [6, 6.07) is 55.2. The zero-order valence-corrected chi connectivity index (χ0v) is 29.6. The fourth-order valence-electron chi connectivity index (χ4n) is 12.7. The van der Waals surface area contributed by atoms with Crippen LogP contribution in [-0.4, -0.2) is 0 Å². The van der Waals surface area contributed by atoms with Gasteiger partial charge in [0.2, 0.25) is 0 Å². The molecule has 0 amide bonds. The van der Waals surface area contributed by atoms with Gasteiger partial charge in [-0.3, -0.25) is 0 Å². The second-order valence-electron chi connectivity index (χ2n) is 16.8. The van der Waals surface area contributed by atoms with E-state index in [9.17, 15) is 0 Å². The maximum absolute atomic E-state index is 6.28. The molecule has 4 saturated carbocycles. The molecule has 5 aliphatic carbocycles. The van der Waals surface area contributed by atoms with Gasteiger partial charge in [0.1, 0.15) is 11.2 Å². The van der Waals surface area contributed by atoms with Gasteiger partial charge in [0, 0.05) is 16.2 Å². The van der Waals surface area contributed by atoms with Crippen molar-refractivity contribution >= 4 is 54.3 Å². The molecular formula is C52H38O. The molecule has 53 heavy (non-hydrogen) atoms. The summed E-state index contributed by atoms with van der Waals surface area (Å²) in [6.45, 7) is 0. The summed E-state index contributed by atoms with van der Waals surface area (Å²) < 4.78 is 6.28. The van der Waals surface area contributed by atoms with Gasteiger partial charge < -0.3 is 4.42 Å². The lowest BCUT2D eigenvalue weighted by Gasteiger charge is -2.61. The average Bonchev–Trinajstić information content (AvgIpc) is 3.71. The van der Waals surface area contributed by atoms with Crippen LogP contribution in [0, 0.1) is 23.7 Å². The largest absolute Gasteiger partial charge is 0.456 e. The number of rotatable bonds is 2. The molecule has 0 radical (unpaired) electrons. The molecule has 4 fully saturated rings. The van der Waals surface area contributed by atoms with Gasteiger partial charge in [0.05, 0.1) is 0 Å². The Labute approximate surface area is 308 Å². The van der Waals surface area contributed by atoms with Crippen molar-refractivity contribution in [3.63, 3.8) is 0 Å². The monoisotopic (exact) mass is 678 g/mol. The molecule has 5 aliphatic rings. The highest BCUT2D eigenvalue weighted by Crippen LogP contribution is 2.70. The van der Waals surface area contributed by atoms with Crippen molar-refractivity contribution in [3.05, 3.63) is 157 Å². The van der Waals surface area contributed by atoms with Gasteiger partial charge in [-0.05, 0) is 163 Å². The smallest absolute Gasteiger partial charge is 0.135 e. The number of para-hydroxylation sites is 1. The predicted octanol–water partition coefficient (Wildman–Crippen LogP) is 14.1. The van der Waals surface area contributed by atoms with Crippen molar-refractivity contribution in [1.29, 1.82) is 0 Å². The van der Waals surface area contributed by atoms with E-state index in [0.717, 1.165) is 34.8 Å². The molecular weight excluding hydrogens is 641 g/mol. The number of furan rings is 1. The Morgan fingerprint density at radius 2 is 0.981 bits per heavy atom. The van der Waals surface area contributed by atoms with Crippen LogP contribution >= 0.6 is 0 Å². The SMILES string of the molecule is c1cc(-c2c3ccccc3c(-c3ccc4oc5ccccc5c4c3)c3ccccc23)c2c(c1)C1(c3cc4ccccc4cc3-2)C2CC3CC(C2)CC1C3. The van der Waals surface area contributed by atoms with Crippen molar-refractivity contribution < 1.29 is 4.42 Å². The second kappa shape index (κ2) is 10.3. The molecule has 4 bridgehead atoms. The number of fused-ring (bicyclic) bond motifs is 9. The Morgan fingerprint density at radius 1 is 0.396 bits per heavy atom. The van der Waals surface area contributed by atoms with E-state index < -0.39 is 0 Å². The summed E-state index contributed by atoms with van der Waals surface area (Å²) in [5, 5.41) is 10.3. The first kappa shape index (κ1) is 28.9. The number of hydrogen-bond donors (Lipinski definition) is 0. The Hall–Kier alpha value is -5.66. The van der Waals surface area contributed by atoms with Gasteiger partial charge in [0.25, 0.3) is 0 Å². The van der Waals surface area contributed by atoms with Gasteiger partial charge >= 0.3 is 0 Å². The Bertz CT molecular complexity index is 2940. The van der Waals surface area contributed by atoms with Gasteiger partial charge in [-0.15, -0.1) is 0 Å². The molecule has 14 rings (SSSR count). The van der Waals surface area contributed by atoms with Crippen LogP contribution in [0.3, 0.4) is 0 Å². The molecule has 1 heterocycles. The van der Waals surface area contributed by atoms with E-state index in [1.165, 1.54) is 109 Å². The third-order valence-electron chi connectivity index (χ3n) is 14.4. The Kier molecular flexibility index (Phi) is 5.59. The Morgan fingerprint density at radius 3 is 1.68 bits per heavy atom. The summed E-state index contributed by atoms with van der Waals surface area (Å²) in [5.74, 6) is 3.28. The summed E-state index contributed by atoms with van der Waals surface area (Å²) in [5.41, 5.74) is 13.5. The van der Waals surface area contributed by atoms with Crippen molar-refractivity contribution in [1.82, 2.24) is 0 Å². The highest BCUT2D eigenvalue weighted by Gasteiger charge is 2.61. The molecule has 0 unspecified atom stereocenters. The van der Waals surface area contributed by atoms with Crippen LogP contribution in [0.2, 0.25) is 0 Å².